The highest BCUT2D eigenvalue weighted by Gasteiger charge is 2.28. The van der Waals surface area contributed by atoms with Crippen LogP contribution in [0.4, 0.5) is 5.82 Å². The Kier molecular flexibility index (Phi) is 6.11. The second-order valence-corrected chi connectivity index (χ2v) is 8.01. The lowest BCUT2D eigenvalue weighted by molar-refractivity contribution is -0.129. The minimum Gasteiger partial charge on any atom is -0.311 e. The van der Waals surface area contributed by atoms with E-state index in [-0.39, 0.29) is 24.3 Å². The highest BCUT2D eigenvalue weighted by Crippen LogP contribution is 2.33. The standard InChI is InChI=1S/C23H20Cl2N4O2/c1-15(30)28-12-10-16-5-2-3-7-18(16)20(28)13-22(31)27-21-9-11-26-29(21)14-17-6-4-8-19(24)23(17)25/h2-12,20H,13-14H2,1H3,(H,27,31). The van der Waals surface area contributed by atoms with Gasteiger partial charge in [0.05, 0.1) is 35.2 Å². The van der Waals surface area contributed by atoms with Crippen molar-refractivity contribution in [3.05, 3.63) is 87.7 Å². The average molecular weight is 455 g/mol. The number of hydrogen-bond acceptors (Lipinski definition) is 3. The van der Waals surface area contributed by atoms with Gasteiger partial charge in [-0.25, -0.2) is 4.68 Å². The largest absolute Gasteiger partial charge is 0.311 e. The van der Waals surface area contributed by atoms with Crippen LogP contribution in [0.15, 0.2) is 60.9 Å². The maximum Gasteiger partial charge on any atom is 0.227 e. The van der Waals surface area contributed by atoms with Gasteiger partial charge in [-0.15, -0.1) is 0 Å². The predicted octanol–water partition coefficient (Wildman–Crippen LogP) is 5.14. The van der Waals surface area contributed by atoms with E-state index < -0.39 is 0 Å². The Morgan fingerprint density at radius 1 is 1.10 bits per heavy atom. The van der Waals surface area contributed by atoms with Crippen LogP contribution in [0.3, 0.4) is 0 Å². The number of nitrogens with zero attached hydrogens (tertiary/aromatic N) is 3. The smallest absolute Gasteiger partial charge is 0.227 e. The number of aromatic nitrogens is 2. The lowest BCUT2D eigenvalue weighted by Gasteiger charge is -2.32. The van der Waals surface area contributed by atoms with Crippen LogP contribution in [0.1, 0.15) is 36.1 Å². The summed E-state index contributed by atoms with van der Waals surface area (Å²) >= 11 is 12.4. The van der Waals surface area contributed by atoms with E-state index in [1.807, 2.05) is 42.5 Å². The van der Waals surface area contributed by atoms with E-state index in [2.05, 4.69) is 10.4 Å². The van der Waals surface area contributed by atoms with Crippen molar-refractivity contribution in [1.82, 2.24) is 14.7 Å². The van der Waals surface area contributed by atoms with Crippen LogP contribution in [0.25, 0.3) is 6.08 Å². The molecule has 0 radical (unpaired) electrons. The molecule has 0 fully saturated rings. The molecule has 1 aliphatic rings. The molecule has 0 spiro atoms. The first-order chi connectivity index (χ1) is 14.9. The maximum atomic E-state index is 12.9. The first-order valence-corrected chi connectivity index (χ1v) is 10.5. The fourth-order valence-electron chi connectivity index (χ4n) is 3.68. The number of rotatable bonds is 5. The van der Waals surface area contributed by atoms with Crippen molar-refractivity contribution in [3.8, 4) is 0 Å². The zero-order valence-electron chi connectivity index (χ0n) is 16.8. The van der Waals surface area contributed by atoms with E-state index in [1.54, 1.807) is 34.1 Å². The van der Waals surface area contributed by atoms with Gasteiger partial charge in [0.15, 0.2) is 0 Å². The Bertz CT molecular complexity index is 1170. The van der Waals surface area contributed by atoms with E-state index in [1.165, 1.54) is 6.92 Å². The molecule has 2 aromatic carbocycles. The van der Waals surface area contributed by atoms with Crippen LogP contribution in [0, 0.1) is 0 Å². The van der Waals surface area contributed by atoms with Gasteiger partial charge in [0.2, 0.25) is 11.8 Å². The molecule has 1 aromatic heterocycles. The molecule has 31 heavy (non-hydrogen) atoms. The summed E-state index contributed by atoms with van der Waals surface area (Å²) in [5.74, 6) is 0.194. The van der Waals surface area contributed by atoms with Crippen molar-refractivity contribution in [3.63, 3.8) is 0 Å². The highest BCUT2D eigenvalue weighted by atomic mass is 35.5. The minimum absolute atomic E-state index is 0.115. The Hall–Kier alpha value is -3.09. The first-order valence-electron chi connectivity index (χ1n) is 9.74. The molecule has 1 aliphatic heterocycles. The molecular formula is C23H20Cl2N4O2. The zero-order chi connectivity index (χ0) is 22.0. The van der Waals surface area contributed by atoms with Crippen LogP contribution in [-0.4, -0.2) is 26.5 Å². The molecule has 6 nitrogen and oxygen atoms in total. The van der Waals surface area contributed by atoms with Gasteiger partial charge in [0, 0.05) is 19.2 Å². The molecule has 1 unspecified atom stereocenters. The number of benzene rings is 2. The van der Waals surface area contributed by atoms with Crippen LogP contribution in [0.2, 0.25) is 10.0 Å². The van der Waals surface area contributed by atoms with Gasteiger partial charge in [-0.05, 0) is 28.8 Å². The summed E-state index contributed by atoms with van der Waals surface area (Å²) in [6.45, 7) is 1.85. The monoisotopic (exact) mass is 454 g/mol. The Balaban J connectivity index is 1.52. The maximum absolute atomic E-state index is 12.9. The van der Waals surface area contributed by atoms with Gasteiger partial charge < -0.3 is 10.2 Å². The molecule has 2 heterocycles. The summed E-state index contributed by atoms with van der Waals surface area (Å²) in [6.07, 6.45) is 5.33. The van der Waals surface area contributed by atoms with Crippen LogP contribution in [0.5, 0.6) is 0 Å². The molecule has 0 aliphatic carbocycles. The van der Waals surface area contributed by atoms with E-state index in [0.29, 0.717) is 22.4 Å². The van der Waals surface area contributed by atoms with Gasteiger partial charge in [0.25, 0.3) is 0 Å². The average Bonchev–Trinajstić information content (AvgIpc) is 3.17. The number of carbonyl (C=O) groups is 2. The molecule has 4 rings (SSSR count). The molecule has 2 amide bonds. The third-order valence-corrected chi connectivity index (χ3v) is 6.04. The summed E-state index contributed by atoms with van der Waals surface area (Å²) in [6, 6.07) is 14.5. The lowest BCUT2D eigenvalue weighted by atomic mass is 9.93. The molecule has 8 heteroatoms. The molecule has 0 saturated heterocycles. The van der Waals surface area contributed by atoms with Crippen molar-refractivity contribution in [2.45, 2.75) is 25.9 Å². The normalized spacial score (nSPS) is 14.9. The Morgan fingerprint density at radius 2 is 1.90 bits per heavy atom. The molecule has 1 N–H and O–H groups in total. The Morgan fingerprint density at radius 3 is 2.71 bits per heavy atom. The zero-order valence-corrected chi connectivity index (χ0v) is 18.3. The van der Waals surface area contributed by atoms with Crippen molar-refractivity contribution >= 4 is 46.9 Å². The summed E-state index contributed by atoms with van der Waals surface area (Å²) in [5, 5.41) is 8.11. The molecule has 3 aromatic rings. The first kappa shape index (κ1) is 21.2. The van der Waals surface area contributed by atoms with Crippen LogP contribution in [-0.2, 0) is 16.1 Å². The molecule has 0 bridgehead atoms. The molecule has 1 atom stereocenters. The van der Waals surface area contributed by atoms with Gasteiger partial charge in [-0.2, -0.15) is 5.10 Å². The van der Waals surface area contributed by atoms with Crippen LogP contribution >= 0.6 is 23.2 Å². The van der Waals surface area contributed by atoms with E-state index in [9.17, 15) is 9.59 Å². The predicted molar refractivity (Wildman–Crippen MR) is 122 cm³/mol. The summed E-state index contributed by atoms with van der Waals surface area (Å²) in [7, 11) is 0. The van der Waals surface area contributed by atoms with Crippen molar-refractivity contribution < 1.29 is 9.59 Å². The number of halogens is 2. The van der Waals surface area contributed by atoms with Gasteiger partial charge >= 0.3 is 0 Å². The van der Waals surface area contributed by atoms with Gasteiger partial charge in [0.1, 0.15) is 5.82 Å². The molecule has 158 valence electrons. The molecular weight excluding hydrogens is 435 g/mol. The second kappa shape index (κ2) is 8.96. The van der Waals surface area contributed by atoms with Crippen LogP contribution < -0.4 is 5.32 Å². The fourth-order valence-corrected chi connectivity index (χ4v) is 4.06. The summed E-state index contributed by atoms with van der Waals surface area (Å²) in [4.78, 5) is 26.6. The van der Waals surface area contributed by atoms with Crippen molar-refractivity contribution in [2.24, 2.45) is 0 Å². The number of amides is 2. The Labute approximate surface area is 190 Å². The van der Waals surface area contributed by atoms with E-state index in [0.717, 1.165) is 16.7 Å². The number of fused-ring (bicyclic) bond motifs is 1. The van der Waals surface area contributed by atoms with Crippen molar-refractivity contribution in [2.75, 3.05) is 5.32 Å². The third-order valence-electron chi connectivity index (χ3n) is 5.18. The van der Waals surface area contributed by atoms with E-state index >= 15 is 0 Å². The number of anilines is 1. The highest BCUT2D eigenvalue weighted by molar-refractivity contribution is 6.42. The van der Waals surface area contributed by atoms with Gasteiger partial charge in [-0.3, -0.25) is 9.59 Å². The minimum atomic E-state index is -0.377. The number of hydrogen-bond donors (Lipinski definition) is 1. The topological polar surface area (TPSA) is 67.2 Å². The summed E-state index contributed by atoms with van der Waals surface area (Å²) < 4.78 is 1.65. The van der Waals surface area contributed by atoms with Gasteiger partial charge in [-0.1, -0.05) is 59.6 Å². The lowest BCUT2D eigenvalue weighted by Crippen LogP contribution is -2.33. The fraction of sp³-hybridized carbons (Fsp3) is 0.174. The summed E-state index contributed by atoms with van der Waals surface area (Å²) in [5.41, 5.74) is 2.73. The SMILES string of the molecule is CC(=O)N1C=Cc2ccccc2C1CC(=O)Nc1ccnn1Cc1cccc(Cl)c1Cl. The number of nitrogens with one attached hydrogen (secondary N) is 1. The second-order valence-electron chi connectivity index (χ2n) is 7.23. The number of carbonyl (C=O) groups excluding carboxylic acids is 2. The quantitative estimate of drug-likeness (QED) is 0.579. The molecule has 0 saturated carbocycles. The third kappa shape index (κ3) is 4.50. The van der Waals surface area contributed by atoms with Crippen molar-refractivity contribution in [1.29, 1.82) is 0 Å². The van der Waals surface area contributed by atoms with E-state index in [4.69, 9.17) is 23.2 Å².